The smallest absolute Gasteiger partial charge is 0.241 e. The van der Waals surface area contributed by atoms with Gasteiger partial charge in [-0.15, -0.1) is 0 Å². The summed E-state index contributed by atoms with van der Waals surface area (Å²) in [5.74, 6) is 2.40. The molecule has 0 spiro atoms. The summed E-state index contributed by atoms with van der Waals surface area (Å²) in [6, 6.07) is 0.0486. The van der Waals surface area contributed by atoms with Crippen LogP contribution in [0, 0.1) is 17.8 Å². The predicted octanol–water partition coefficient (Wildman–Crippen LogP) is 3.40. The van der Waals surface area contributed by atoms with Crippen LogP contribution < -0.4 is 5.32 Å². The van der Waals surface area contributed by atoms with Gasteiger partial charge in [0.15, 0.2) is 0 Å². The molecule has 2 fully saturated rings. The third-order valence-corrected chi connectivity index (χ3v) is 5.49. The molecule has 1 heterocycles. The van der Waals surface area contributed by atoms with Crippen molar-refractivity contribution in [1.29, 1.82) is 0 Å². The van der Waals surface area contributed by atoms with Crippen LogP contribution >= 0.6 is 0 Å². The van der Waals surface area contributed by atoms with Crippen molar-refractivity contribution in [3.05, 3.63) is 0 Å². The topological polar surface area (TPSA) is 32.3 Å². The van der Waals surface area contributed by atoms with Crippen molar-refractivity contribution in [3.63, 3.8) is 0 Å². The maximum Gasteiger partial charge on any atom is 0.241 e. The van der Waals surface area contributed by atoms with E-state index < -0.39 is 0 Å². The van der Waals surface area contributed by atoms with Gasteiger partial charge in [-0.2, -0.15) is 0 Å². The third kappa shape index (κ3) is 3.36. The number of carbonyl (C=O) groups excluding carboxylic acids is 1. The molecule has 3 heteroatoms. The maximum absolute atomic E-state index is 12.7. The Balaban J connectivity index is 1.96. The van der Waals surface area contributed by atoms with E-state index in [1.165, 1.54) is 25.7 Å². The Morgan fingerprint density at radius 3 is 2.45 bits per heavy atom. The molecule has 2 aliphatic rings. The fraction of sp³-hybridized carbons (Fsp3) is 0.941. The summed E-state index contributed by atoms with van der Waals surface area (Å²) in [6.07, 6.45) is 7.62. The van der Waals surface area contributed by atoms with Crippen molar-refractivity contribution in [2.24, 2.45) is 17.8 Å². The van der Waals surface area contributed by atoms with Crippen molar-refractivity contribution >= 4 is 5.91 Å². The van der Waals surface area contributed by atoms with Crippen LogP contribution in [0.15, 0.2) is 0 Å². The van der Waals surface area contributed by atoms with Gasteiger partial charge in [0.05, 0.1) is 12.2 Å². The highest BCUT2D eigenvalue weighted by Crippen LogP contribution is 2.31. The monoisotopic (exact) mass is 280 g/mol. The summed E-state index contributed by atoms with van der Waals surface area (Å²) < 4.78 is 0. The summed E-state index contributed by atoms with van der Waals surface area (Å²) in [4.78, 5) is 14.8. The Hall–Kier alpha value is -0.570. The number of nitrogens with one attached hydrogen (secondary N) is 1. The van der Waals surface area contributed by atoms with Gasteiger partial charge in [-0.25, -0.2) is 0 Å². The lowest BCUT2D eigenvalue weighted by atomic mass is 9.82. The van der Waals surface area contributed by atoms with Gasteiger partial charge in [-0.05, 0) is 37.0 Å². The second-order valence-corrected chi connectivity index (χ2v) is 7.07. The molecule has 0 radical (unpaired) electrons. The van der Waals surface area contributed by atoms with Crippen LogP contribution in [0.5, 0.6) is 0 Å². The van der Waals surface area contributed by atoms with Crippen LogP contribution in [0.25, 0.3) is 0 Å². The van der Waals surface area contributed by atoms with Crippen molar-refractivity contribution in [2.75, 3.05) is 6.54 Å². The molecule has 1 aliphatic carbocycles. The molecule has 20 heavy (non-hydrogen) atoms. The zero-order chi connectivity index (χ0) is 14.7. The summed E-state index contributed by atoms with van der Waals surface area (Å²) in [6.45, 7) is 9.87. The van der Waals surface area contributed by atoms with E-state index >= 15 is 0 Å². The number of hydrogen-bond acceptors (Lipinski definition) is 2. The van der Waals surface area contributed by atoms with E-state index in [1.54, 1.807) is 0 Å². The molecular formula is C17H32N2O. The molecule has 1 amide bonds. The fourth-order valence-electron chi connectivity index (χ4n) is 3.69. The van der Waals surface area contributed by atoms with E-state index in [2.05, 4.69) is 37.9 Å². The molecular weight excluding hydrogens is 248 g/mol. The molecule has 2 rings (SSSR count). The minimum Gasteiger partial charge on any atom is -0.326 e. The normalized spacial score (nSPS) is 36.4. The second kappa shape index (κ2) is 6.93. The van der Waals surface area contributed by atoms with E-state index in [1.807, 2.05) is 0 Å². The largest absolute Gasteiger partial charge is 0.326 e. The van der Waals surface area contributed by atoms with Crippen LogP contribution in [0.2, 0.25) is 0 Å². The van der Waals surface area contributed by atoms with E-state index in [0.717, 1.165) is 31.2 Å². The molecule has 1 N–H and O–H groups in total. The molecule has 1 saturated carbocycles. The van der Waals surface area contributed by atoms with Crippen LogP contribution in [-0.4, -0.2) is 29.6 Å². The molecule has 0 aromatic rings. The van der Waals surface area contributed by atoms with E-state index in [4.69, 9.17) is 0 Å². The average molecular weight is 280 g/mol. The van der Waals surface area contributed by atoms with Gasteiger partial charge in [0.2, 0.25) is 5.91 Å². The minimum absolute atomic E-state index is 0.0486. The third-order valence-electron chi connectivity index (χ3n) is 5.49. The number of hydrogen-bond donors (Lipinski definition) is 1. The Morgan fingerprint density at radius 2 is 1.90 bits per heavy atom. The zero-order valence-corrected chi connectivity index (χ0v) is 13.7. The number of rotatable bonds is 5. The molecule has 3 nitrogen and oxygen atoms in total. The lowest BCUT2D eigenvalue weighted by Crippen LogP contribution is -2.40. The summed E-state index contributed by atoms with van der Waals surface area (Å²) >= 11 is 0. The van der Waals surface area contributed by atoms with Gasteiger partial charge in [-0.1, -0.05) is 47.0 Å². The molecule has 1 aliphatic heterocycles. The van der Waals surface area contributed by atoms with Gasteiger partial charge < -0.3 is 4.90 Å². The van der Waals surface area contributed by atoms with Crippen LogP contribution in [-0.2, 0) is 4.79 Å². The molecule has 116 valence electrons. The SMILES string of the molecule is CCC(C)C1NC(CC)N(CC2CCC(C)CC2)C1=O. The summed E-state index contributed by atoms with van der Waals surface area (Å²) in [5.41, 5.74) is 0. The highest BCUT2D eigenvalue weighted by molar-refractivity contribution is 5.84. The van der Waals surface area contributed by atoms with E-state index in [-0.39, 0.29) is 12.2 Å². The highest BCUT2D eigenvalue weighted by atomic mass is 16.2. The Morgan fingerprint density at radius 1 is 1.25 bits per heavy atom. The quantitative estimate of drug-likeness (QED) is 0.837. The maximum atomic E-state index is 12.7. The number of amides is 1. The first kappa shape index (κ1) is 15.8. The van der Waals surface area contributed by atoms with E-state index in [0.29, 0.717) is 11.8 Å². The molecule has 3 atom stereocenters. The van der Waals surface area contributed by atoms with Crippen molar-refractivity contribution < 1.29 is 4.79 Å². The average Bonchev–Trinajstić information content (AvgIpc) is 2.77. The minimum atomic E-state index is 0.0486. The summed E-state index contributed by atoms with van der Waals surface area (Å²) in [7, 11) is 0. The zero-order valence-electron chi connectivity index (χ0n) is 13.7. The molecule has 3 unspecified atom stereocenters. The van der Waals surface area contributed by atoms with Crippen molar-refractivity contribution in [2.45, 2.75) is 78.4 Å². The Kier molecular flexibility index (Phi) is 5.48. The van der Waals surface area contributed by atoms with Gasteiger partial charge in [0.25, 0.3) is 0 Å². The fourth-order valence-corrected chi connectivity index (χ4v) is 3.69. The molecule has 1 saturated heterocycles. The summed E-state index contributed by atoms with van der Waals surface area (Å²) in [5, 5.41) is 3.57. The molecule has 0 aromatic heterocycles. The molecule has 0 bridgehead atoms. The Labute approximate surface area is 124 Å². The lowest BCUT2D eigenvalue weighted by Gasteiger charge is -2.32. The first-order chi connectivity index (χ1) is 9.56. The van der Waals surface area contributed by atoms with Crippen molar-refractivity contribution in [3.8, 4) is 0 Å². The first-order valence-electron chi connectivity index (χ1n) is 8.63. The van der Waals surface area contributed by atoms with Crippen LogP contribution in [0.1, 0.15) is 66.2 Å². The Bertz CT molecular complexity index is 323. The first-order valence-corrected chi connectivity index (χ1v) is 8.63. The number of nitrogens with zero attached hydrogens (tertiary/aromatic N) is 1. The van der Waals surface area contributed by atoms with Crippen LogP contribution in [0.3, 0.4) is 0 Å². The highest BCUT2D eigenvalue weighted by Gasteiger charge is 2.40. The predicted molar refractivity (Wildman–Crippen MR) is 83.3 cm³/mol. The van der Waals surface area contributed by atoms with E-state index in [9.17, 15) is 4.79 Å². The van der Waals surface area contributed by atoms with Gasteiger partial charge in [0, 0.05) is 6.54 Å². The standard InChI is InChI=1S/C17H32N2O/c1-5-13(4)16-17(20)19(15(6-2)18-16)11-14-9-7-12(3)8-10-14/h12-16,18H,5-11H2,1-4H3. The van der Waals surface area contributed by atoms with Gasteiger partial charge >= 0.3 is 0 Å². The lowest BCUT2D eigenvalue weighted by molar-refractivity contribution is -0.131. The molecule has 0 aromatic carbocycles. The second-order valence-electron chi connectivity index (χ2n) is 7.07. The number of carbonyl (C=O) groups is 1. The van der Waals surface area contributed by atoms with Crippen molar-refractivity contribution in [1.82, 2.24) is 10.2 Å². The van der Waals surface area contributed by atoms with Gasteiger partial charge in [-0.3, -0.25) is 10.1 Å². The van der Waals surface area contributed by atoms with Gasteiger partial charge in [0.1, 0.15) is 0 Å². The van der Waals surface area contributed by atoms with Crippen LogP contribution in [0.4, 0.5) is 0 Å².